The predicted octanol–water partition coefficient (Wildman–Crippen LogP) is 6.61. The lowest BCUT2D eigenvalue weighted by Crippen LogP contribution is -2.29. The molecule has 1 aliphatic rings. The Morgan fingerprint density at radius 1 is 1.00 bits per heavy atom. The van der Waals surface area contributed by atoms with Crippen LogP contribution in [0.4, 0.5) is 5.69 Å². The Labute approximate surface area is 196 Å². The van der Waals surface area contributed by atoms with Gasteiger partial charge < -0.3 is 14.5 Å². The Bertz CT molecular complexity index is 1020. The van der Waals surface area contributed by atoms with Crippen molar-refractivity contribution in [2.24, 2.45) is 0 Å². The molecular formula is C28H34N2O3. The lowest BCUT2D eigenvalue weighted by Gasteiger charge is -2.26. The van der Waals surface area contributed by atoms with Gasteiger partial charge in [0.05, 0.1) is 0 Å². The van der Waals surface area contributed by atoms with Crippen molar-refractivity contribution in [3.05, 3.63) is 83.3 Å². The van der Waals surface area contributed by atoms with Crippen molar-refractivity contribution in [3.8, 4) is 5.75 Å². The van der Waals surface area contributed by atoms with Crippen LogP contribution in [0.1, 0.15) is 72.9 Å². The summed E-state index contributed by atoms with van der Waals surface area (Å²) in [6.07, 6.45) is 5.03. The van der Waals surface area contributed by atoms with Gasteiger partial charge in [0.1, 0.15) is 18.1 Å². The third-order valence-corrected chi connectivity index (χ3v) is 6.39. The molecule has 1 aliphatic heterocycles. The number of hydrogen-bond donors (Lipinski definition) is 1. The van der Waals surface area contributed by atoms with Crippen LogP contribution in [-0.4, -0.2) is 23.9 Å². The monoisotopic (exact) mass is 446 g/mol. The minimum Gasteiger partial charge on any atom is -0.486 e. The number of nitrogens with one attached hydrogen (secondary N) is 1. The molecule has 1 unspecified atom stereocenters. The quantitative estimate of drug-likeness (QED) is 0.402. The normalized spacial score (nSPS) is 15.2. The lowest BCUT2D eigenvalue weighted by molar-refractivity contribution is 0.0992. The first-order chi connectivity index (χ1) is 16.1. The summed E-state index contributed by atoms with van der Waals surface area (Å²) in [6, 6.07) is 19.7. The molecule has 0 aliphatic carbocycles. The number of likely N-dealkylation sites (tertiary alicyclic amines) is 1. The molecule has 1 atom stereocenters. The molecule has 0 saturated carbocycles. The van der Waals surface area contributed by atoms with Gasteiger partial charge in [-0.3, -0.25) is 9.69 Å². The van der Waals surface area contributed by atoms with Gasteiger partial charge in [-0.1, -0.05) is 44.5 Å². The first kappa shape index (κ1) is 23.1. The second-order valence-corrected chi connectivity index (χ2v) is 8.92. The van der Waals surface area contributed by atoms with Crippen LogP contribution in [0.2, 0.25) is 0 Å². The molecule has 2 aromatic carbocycles. The lowest BCUT2D eigenvalue weighted by atomic mass is 9.99. The Morgan fingerprint density at radius 2 is 1.73 bits per heavy atom. The van der Waals surface area contributed by atoms with Gasteiger partial charge in [-0.25, -0.2) is 0 Å². The number of hydrogen-bond acceptors (Lipinski definition) is 4. The van der Waals surface area contributed by atoms with E-state index in [1.165, 1.54) is 43.5 Å². The van der Waals surface area contributed by atoms with Crippen LogP contribution in [0.5, 0.6) is 5.75 Å². The number of furan rings is 1. The summed E-state index contributed by atoms with van der Waals surface area (Å²) in [5, 5.41) is 2.91. The van der Waals surface area contributed by atoms with Crippen LogP contribution >= 0.6 is 0 Å². The van der Waals surface area contributed by atoms with Crippen LogP contribution in [0.25, 0.3) is 0 Å². The van der Waals surface area contributed by atoms with Crippen molar-refractivity contribution in [1.29, 1.82) is 0 Å². The zero-order valence-corrected chi connectivity index (χ0v) is 19.7. The molecule has 4 rings (SSSR count). The molecule has 1 fully saturated rings. The molecule has 0 spiro atoms. The van der Waals surface area contributed by atoms with Gasteiger partial charge in [0, 0.05) is 12.2 Å². The SMILES string of the molecule is CCC(C)c1ccc(OCc2ccc(C(=O)Nc3ccc(CN4CCCCC4)cc3)o2)cc1. The van der Waals surface area contributed by atoms with Crippen molar-refractivity contribution in [3.63, 3.8) is 0 Å². The Morgan fingerprint density at radius 3 is 2.42 bits per heavy atom. The van der Waals surface area contributed by atoms with Gasteiger partial charge in [0.15, 0.2) is 5.76 Å². The Balaban J connectivity index is 1.27. The van der Waals surface area contributed by atoms with Crippen LogP contribution in [0.3, 0.4) is 0 Å². The van der Waals surface area contributed by atoms with Crippen LogP contribution in [-0.2, 0) is 13.2 Å². The van der Waals surface area contributed by atoms with Crippen LogP contribution < -0.4 is 10.1 Å². The molecule has 174 valence electrons. The summed E-state index contributed by atoms with van der Waals surface area (Å²) in [7, 11) is 0. The molecule has 0 radical (unpaired) electrons. The average molecular weight is 447 g/mol. The number of anilines is 1. The molecule has 0 bridgehead atoms. The number of benzene rings is 2. The zero-order valence-electron chi connectivity index (χ0n) is 19.7. The van der Waals surface area contributed by atoms with Crippen LogP contribution in [0.15, 0.2) is 65.1 Å². The third-order valence-electron chi connectivity index (χ3n) is 6.39. The molecule has 5 nitrogen and oxygen atoms in total. The maximum atomic E-state index is 12.6. The molecule has 1 N–H and O–H groups in total. The van der Waals surface area contributed by atoms with Crippen molar-refractivity contribution in [2.75, 3.05) is 18.4 Å². The van der Waals surface area contributed by atoms with Gasteiger partial charge in [0.25, 0.3) is 5.91 Å². The van der Waals surface area contributed by atoms with E-state index < -0.39 is 0 Å². The maximum Gasteiger partial charge on any atom is 0.291 e. The minimum absolute atomic E-state index is 0.261. The number of carbonyl (C=O) groups excluding carboxylic acids is 1. The van der Waals surface area contributed by atoms with Gasteiger partial charge in [-0.2, -0.15) is 0 Å². The number of nitrogens with zero attached hydrogens (tertiary/aromatic N) is 1. The van der Waals surface area contributed by atoms with Crippen molar-refractivity contribution < 1.29 is 13.9 Å². The Hall–Kier alpha value is -3.05. The number of amides is 1. The fourth-order valence-corrected chi connectivity index (χ4v) is 4.12. The highest BCUT2D eigenvalue weighted by Gasteiger charge is 2.13. The number of piperidine rings is 1. The second-order valence-electron chi connectivity index (χ2n) is 8.92. The summed E-state index contributed by atoms with van der Waals surface area (Å²) in [6.45, 7) is 8.00. The van der Waals surface area contributed by atoms with Gasteiger partial charge in [0.2, 0.25) is 0 Å². The van der Waals surface area contributed by atoms with Gasteiger partial charge in [-0.05, 0) is 85.8 Å². The minimum atomic E-state index is -0.261. The topological polar surface area (TPSA) is 54.7 Å². The number of rotatable bonds is 9. The fourth-order valence-electron chi connectivity index (χ4n) is 4.12. The first-order valence-electron chi connectivity index (χ1n) is 12.0. The van der Waals surface area contributed by atoms with E-state index in [1.807, 2.05) is 24.3 Å². The summed E-state index contributed by atoms with van der Waals surface area (Å²) in [5.41, 5.74) is 3.34. The van der Waals surface area contributed by atoms with Crippen molar-refractivity contribution in [1.82, 2.24) is 4.90 Å². The van der Waals surface area contributed by atoms with Gasteiger partial charge >= 0.3 is 0 Å². The summed E-state index contributed by atoms with van der Waals surface area (Å²) >= 11 is 0. The summed E-state index contributed by atoms with van der Waals surface area (Å²) in [5.74, 6) is 1.95. The van der Waals surface area contributed by atoms with E-state index in [1.54, 1.807) is 12.1 Å². The third kappa shape index (κ3) is 6.48. The van der Waals surface area contributed by atoms with Crippen LogP contribution in [0, 0.1) is 0 Å². The standard InChI is InChI=1S/C28H34N2O3/c1-3-21(2)23-9-13-25(14-10-23)32-20-26-15-16-27(33-26)28(31)29-24-11-7-22(8-12-24)19-30-17-5-4-6-18-30/h7-16,21H,3-6,17-20H2,1-2H3,(H,29,31). The van der Waals surface area contributed by atoms with E-state index in [0.717, 1.165) is 24.4 Å². The molecular weight excluding hydrogens is 412 g/mol. The van der Waals surface area contributed by atoms with E-state index >= 15 is 0 Å². The van der Waals surface area contributed by atoms with E-state index in [2.05, 4.69) is 48.3 Å². The predicted molar refractivity (Wildman–Crippen MR) is 132 cm³/mol. The highest BCUT2D eigenvalue weighted by atomic mass is 16.5. The molecule has 2 heterocycles. The largest absolute Gasteiger partial charge is 0.486 e. The number of carbonyl (C=O) groups is 1. The van der Waals surface area contributed by atoms with Crippen molar-refractivity contribution >= 4 is 11.6 Å². The smallest absolute Gasteiger partial charge is 0.291 e. The summed E-state index contributed by atoms with van der Waals surface area (Å²) in [4.78, 5) is 15.1. The average Bonchev–Trinajstić information content (AvgIpc) is 3.34. The van der Waals surface area contributed by atoms with E-state index in [9.17, 15) is 4.79 Å². The highest BCUT2D eigenvalue weighted by molar-refractivity contribution is 6.02. The maximum absolute atomic E-state index is 12.6. The molecule has 33 heavy (non-hydrogen) atoms. The van der Waals surface area contributed by atoms with E-state index in [0.29, 0.717) is 11.7 Å². The molecule has 1 amide bonds. The molecule has 1 saturated heterocycles. The molecule has 1 aromatic heterocycles. The van der Waals surface area contributed by atoms with E-state index in [-0.39, 0.29) is 18.3 Å². The number of ether oxygens (including phenoxy) is 1. The first-order valence-corrected chi connectivity index (χ1v) is 12.0. The fraction of sp³-hybridized carbons (Fsp3) is 0.393. The zero-order chi connectivity index (χ0) is 23.0. The molecule has 3 aromatic rings. The highest BCUT2D eigenvalue weighted by Crippen LogP contribution is 2.22. The second kappa shape index (κ2) is 11.2. The van der Waals surface area contributed by atoms with Crippen molar-refractivity contribution in [2.45, 2.75) is 58.6 Å². The summed E-state index contributed by atoms with van der Waals surface area (Å²) < 4.78 is 11.5. The Kier molecular flexibility index (Phi) is 7.84. The van der Waals surface area contributed by atoms with E-state index in [4.69, 9.17) is 9.15 Å². The van der Waals surface area contributed by atoms with Gasteiger partial charge in [-0.15, -0.1) is 0 Å². The molecule has 5 heteroatoms.